The smallest absolute Gasteiger partial charge is 0.392 e. The molecule has 2 aromatic heterocycles. The molecule has 0 amide bonds. The Kier molecular flexibility index (Phi) is 7.73. The van der Waals surface area contributed by atoms with E-state index in [9.17, 15) is 23.4 Å². The van der Waals surface area contributed by atoms with Crippen LogP contribution in [0.4, 0.5) is 13.2 Å². The van der Waals surface area contributed by atoms with E-state index in [0.717, 1.165) is 0 Å². The van der Waals surface area contributed by atoms with Crippen molar-refractivity contribution in [2.45, 2.75) is 66.3 Å². The summed E-state index contributed by atoms with van der Waals surface area (Å²) in [6.07, 6.45) is -3.49. The minimum absolute atomic E-state index is 0.0667. The second-order valence-corrected chi connectivity index (χ2v) is 8.72. The lowest BCUT2D eigenvalue weighted by molar-refractivity contribution is -0.144. The van der Waals surface area contributed by atoms with E-state index in [0.29, 0.717) is 12.1 Å². The van der Waals surface area contributed by atoms with Crippen LogP contribution in [0.3, 0.4) is 0 Å². The fourth-order valence-electron chi connectivity index (χ4n) is 1.92. The van der Waals surface area contributed by atoms with Crippen molar-refractivity contribution in [1.82, 2.24) is 20.2 Å². The SMILES string of the molecule is CC(C)(C)C(O)CC(O)C(C)(C)C.FC(F)(F)c1nc(-c2ccccn2)n[nH]1. The first kappa shape index (κ1) is 24.0. The molecular weight excluding hydrogens is 373 g/mol. The molecule has 9 heteroatoms. The minimum Gasteiger partial charge on any atom is -0.392 e. The Morgan fingerprint density at radius 3 is 1.86 bits per heavy atom. The lowest BCUT2D eigenvalue weighted by Gasteiger charge is -2.32. The number of aromatic amines is 1. The maximum absolute atomic E-state index is 12.2. The molecule has 0 radical (unpaired) electrons. The van der Waals surface area contributed by atoms with Crippen LogP contribution in [0.2, 0.25) is 0 Å². The first-order chi connectivity index (χ1) is 12.6. The van der Waals surface area contributed by atoms with Crippen LogP contribution in [0.15, 0.2) is 24.4 Å². The molecule has 0 spiro atoms. The highest BCUT2D eigenvalue weighted by Crippen LogP contribution is 2.29. The molecule has 0 saturated heterocycles. The van der Waals surface area contributed by atoms with E-state index >= 15 is 0 Å². The van der Waals surface area contributed by atoms with Gasteiger partial charge in [-0.05, 0) is 23.0 Å². The van der Waals surface area contributed by atoms with Crippen LogP contribution in [-0.4, -0.2) is 42.6 Å². The highest BCUT2D eigenvalue weighted by molar-refractivity contribution is 5.47. The molecule has 0 aromatic carbocycles. The van der Waals surface area contributed by atoms with Crippen LogP contribution in [0.5, 0.6) is 0 Å². The van der Waals surface area contributed by atoms with E-state index in [1.54, 1.807) is 12.1 Å². The summed E-state index contributed by atoms with van der Waals surface area (Å²) in [7, 11) is 0. The predicted octanol–water partition coefficient (Wildman–Crippen LogP) is 4.08. The fraction of sp³-hybridized carbons (Fsp3) is 0.632. The topological polar surface area (TPSA) is 94.9 Å². The quantitative estimate of drug-likeness (QED) is 0.719. The van der Waals surface area contributed by atoms with E-state index in [1.807, 2.05) is 46.6 Å². The van der Waals surface area contributed by atoms with Crippen molar-refractivity contribution in [3.8, 4) is 11.5 Å². The molecule has 2 unspecified atom stereocenters. The number of hydrogen-bond acceptors (Lipinski definition) is 5. The Morgan fingerprint density at radius 2 is 1.50 bits per heavy atom. The molecule has 2 rings (SSSR count). The fourth-order valence-corrected chi connectivity index (χ4v) is 1.92. The van der Waals surface area contributed by atoms with Gasteiger partial charge in [-0.1, -0.05) is 47.6 Å². The van der Waals surface area contributed by atoms with Gasteiger partial charge in [0.2, 0.25) is 5.82 Å². The number of alkyl halides is 3. The summed E-state index contributed by atoms with van der Waals surface area (Å²) in [5.74, 6) is -1.19. The molecule has 0 fully saturated rings. The first-order valence-electron chi connectivity index (χ1n) is 8.89. The van der Waals surface area contributed by atoms with Crippen molar-refractivity contribution in [3.05, 3.63) is 30.2 Å². The number of rotatable bonds is 3. The van der Waals surface area contributed by atoms with Gasteiger partial charge < -0.3 is 10.2 Å². The van der Waals surface area contributed by atoms with Crippen molar-refractivity contribution in [3.63, 3.8) is 0 Å². The largest absolute Gasteiger partial charge is 0.451 e. The maximum atomic E-state index is 12.2. The molecule has 0 bridgehead atoms. The molecule has 6 nitrogen and oxygen atoms in total. The summed E-state index contributed by atoms with van der Waals surface area (Å²) in [4.78, 5) is 7.13. The molecule has 0 aliphatic heterocycles. The monoisotopic (exact) mass is 402 g/mol. The van der Waals surface area contributed by atoms with E-state index < -0.39 is 24.2 Å². The second-order valence-electron chi connectivity index (χ2n) is 8.72. The summed E-state index contributed by atoms with van der Waals surface area (Å²) in [6.45, 7) is 11.9. The molecule has 0 aliphatic rings. The zero-order valence-electron chi connectivity index (χ0n) is 17.0. The van der Waals surface area contributed by atoms with Gasteiger partial charge in [0.25, 0.3) is 0 Å². The number of H-pyrrole nitrogens is 1. The van der Waals surface area contributed by atoms with Crippen LogP contribution in [-0.2, 0) is 6.18 Å². The summed E-state index contributed by atoms with van der Waals surface area (Å²) in [5, 5.41) is 24.8. The third-order valence-electron chi connectivity index (χ3n) is 4.09. The molecule has 3 N–H and O–H groups in total. The number of aliphatic hydroxyl groups is 2. The van der Waals surface area contributed by atoms with Crippen LogP contribution in [0.25, 0.3) is 11.5 Å². The normalized spacial score (nSPS) is 14.8. The van der Waals surface area contributed by atoms with Crippen molar-refractivity contribution in [2.24, 2.45) is 10.8 Å². The Hall–Kier alpha value is -2.00. The Balaban J connectivity index is 0.000000284. The molecule has 2 atom stereocenters. The van der Waals surface area contributed by atoms with Crippen molar-refractivity contribution >= 4 is 0 Å². The molecular formula is C19H29F3N4O2. The molecule has 28 heavy (non-hydrogen) atoms. The zero-order valence-corrected chi connectivity index (χ0v) is 17.0. The molecule has 2 heterocycles. The Morgan fingerprint density at radius 1 is 0.964 bits per heavy atom. The van der Waals surface area contributed by atoms with Crippen molar-refractivity contribution < 1.29 is 23.4 Å². The molecule has 2 aromatic rings. The molecule has 158 valence electrons. The van der Waals surface area contributed by atoms with Gasteiger partial charge >= 0.3 is 6.18 Å². The van der Waals surface area contributed by atoms with Gasteiger partial charge in [-0.15, -0.1) is 0 Å². The van der Waals surface area contributed by atoms with Gasteiger partial charge in [-0.3, -0.25) is 10.1 Å². The highest BCUT2D eigenvalue weighted by atomic mass is 19.4. The highest BCUT2D eigenvalue weighted by Gasteiger charge is 2.35. The average Bonchev–Trinajstić information content (AvgIpc) is 3.04. The number of halogens is 3. The summed E-state index contributed by atoms with van der Waals surface area (Å²) < 4.78 is 36.5. The van der Waals surface area contributed by atoms with Gasteiger partial charge in [0, 0.05) is 12.6 Å². The standard InChI is InChI=1S/C11H24O2.C8H5F3N4/c1-10(2,3)8(12)7-9(13)11(4,5)6;9-8(10,11)7-13-6(14-15-7)5-3-1-2-4-12-5/h8-9,12-13H,7H2,1-6H3;1-4H,(H,13,14,15). The Bertz CT molecular complexity index is 701. The molecule has 0 aliphatic carbocycles. The zero-order chi connectivity index (χ0) is 21.8. The number of aliphatic hydroxyl groups excluding tert-OH is 2. The number of nitrogens with zero attached hydrogens (tertiary/aromatic N) is 3. The molecule has 0 saturated carbocycles. The Labute approximate surface area is 163 Å². The lowest BCUT2D eigenvalue weighted by atomic mass is 9.79. The van der Waals surface area contributed by atoms with E-state index in [-0.39, 0.29) is 16.7 Å². The number of hydrogen-bond donors (Lipinski definition) is 3. The lowest BCUT2D eigenvalue weighted by Crippen LogP contribution is -2.35. The average molecular weight is 402 g/mol. The van der Waals surface area contributed by atoms with Gasteiger partial charge in [-0.25, -0.2) is 4.98 Å². The third-order valence-corrected chi connectivity index (χ3v) is 4.09. The summed E-state index contributed by atoms with van der Waals surface area (Å²) in [5.41, 5.74) is 0.00241. The van der Waals surface area contributed by atoms with Crippen LogP contribution in [0, 0.1) is 10.8 Å². The predicted molar refractivity (Wildman–Crippen MR) is 100 cm³/mol. The number of nitrogens with one attached hydrogen (secondary N) is 1. The van der Waals surface area contributed by atoms with Crippen molar-refractivity contribution in [2.75, 3.05) is 0 Å². The first-order valence-corrected chi connectivity index (χ1v) is 8.89. The van der Waals surface area contributed by atoms with Crippen LogP contribution < -0.4 is 0 Å². The van der Waals surface area contributed by atoms with E-state index in [4.69, 9.17) is 0 Å². The van der Waals surface area contributed by atoms with Gasteiger partial charge in [0.1, 0.15) is 5.69 Å². The second kappa shape index (κ2) is 9.00. The maximum Gasteiger partial charge on any atom is 0.451 e. The number of pyridine rings is 1. The third kappa shape index (κ3) is 7.55. The summed E-state index contributed by atoms with van der Waals surface area (Å²) in [6, 6.07) is 4.83. The van der Waals surface area contributed by atoms with Gasteiger partial charge in [-0.2, -0.15) is 18.3 Å². The van der Waals surface area contributed by atoms with Crippen LogP contribution in [0.1, 0.15) is 53.8 Å². The van der Waals surface area contributed by atoms with Crippen LogP contribution >= 0.6 is 0 Å². The summed E-state index contributed by atoms with van der Waals surface area (Å²) >= 11 is 0. The van der Waals surface area contributed by atoms with E-state index in [1.165, 1.54) is 12.3 Å². The van der Waals surface area contributed by atoms with E-state index in [2.05, 4.69) is 15.1 Å². The number of aromatic nitrogens is 4. The van der Waals surface area contributed by atoms with Gasteiger partial charge in [0.15, 0.2) is 5.82 Å². The van der Waals surface area contributed by atoms with Gasteiger partial charge in [0.05, 0.1) is 12.2 Å². The van der Waals surface area contributed by atoms with Crippen molar-refractivity contribution in [1.29, 1.82) is 0 Å². The minimum atomic E-state index is -4.51.